The minimum absolute atomic E-state index is 0.137. The molecule has 2 aromatic carbocycles. The number of para-hydroxylation sites is 1. The molecule has 0 unspecified atom stereocenters. The summed E-state index contributed by atoms with van der Waals surface area (Å²) in [4.78, 5) is 41.6. The number of carbonyl (C=O) groups is 3. The molecule has 178 valence electrons. The summed E-state index contributed by atoms with van der Waals surface area (Å²) in [5.74, 6) is -0.351. The van der Waals surface area contributed by atoms with E-state index in [1.807, 2.05) is 0 Å². The predicted octanol–water partition coefficient (Wildman–Crippen LogP) is 0.749. The molecule has 11 heteroatoms. The summed E-state index contributed by atoms with van der Waals surface area (Å²) < 4.78 is 32.6. The van der Waals surface area contributed by atoms with Gasteiger partial charge in [-0.05, 0) is 18.2 Å². The molecule has 1 atom stereocenters. The number of nitrogens with zero attached hydrogens (tertiary/aromatic N) is 3. The van der Waals surface area contributed by atoms with Crippen molar-refractivity contribution in [2.45, 2.75) is 16.9 Å². The van der Waals surface area contributed by atoms with Gasteiger partial charge in [0.15, 0.2) is 5.54 Å². The van der Waals surface area contributed by atoms with E-state index in [-0.39, 0.29) is 44.1 Å². The van der Waals surface area contributed by atoms with E-state index >= 15 is 0 Å². The van der Waals surface area contributed by atoms with Crippen LogP contribution in [-0.4, -0.2) is 79.7 Å². The van der Waals surface area contributed by atoms with Crippen molar-refractivity contribution < 1.29 is 27.5 Å². The van der Waals surface area contributed by atoms with Crippen LogP contribution in [0.3, 0.4) is 0 Å². The van der Waals surface area contributed by atoms with Gasteiger partial charge in [0.2, 0.25) is 15.9 Å². The molecule has 1 N–H and O–H groups in total. The van der Waals surface area contributed by atoms with Gasteiger partial charge in [-0.15, -0.1) is 0 Å². The molecule has 34 heavy (non-hydrogen) atoms. The maximum absolute atomic E-state index is 13.3. The van der Waals surface area contributed by atoms with E-state index in [9.17, 15) is 22.8 Å². The fourth-order valence-electron chi connectivity index (χ4n) is 4.67. The molecule has 10 nitrogen and oxygen atoms in total. The Hall–Kier alpha value is -3.44. The smallest absolute Gasteiger partial charge is 0.325 e. The Morgan fingerprint density at radius 3 is 2.38 bits per heavy atom. The number of fused-ring (bicyclic) bond motifs is 2. The molecule has 0 aromatic heterocycles. The lowest BCUT2D eigenvalue weighted by molar-refractivity contribution is -0.140. The highest BCUT2D eigenvalue weighted by molar-refractivity contribution is 7.89. The van der Waals surface area contributed by atoms with E-state index in [1.54, 1.807) is 42.5 Å². The van der Waals surface area contributed by atoms with E-state index in [1.165, 1.54) is 21.3 Å². The SMILES string of the molecule is O=C(CN1C(=O)N[C@]2(CCOc3ccccc32)C1=O)N1CCN(S(=O)(=O)c2ccccc2)CC1. The third-order valence-electron chi connectivity index (χ3n) is 6.52. The summed E-state index contributed by atoms with van der Waals surface area (Å²) in [5.41, 5.74) is -0.663. The molecule has 2 saturated heterocycles. The lowest BCUT2D eigenvalue weighted by atomic mass is 9.84. The highest BCUT2D eigenvalue weighted by Crippen LogP contribution is 2.40. The number of nitrogens with one attached hydrogen (secondary N) is 1. The highest BCUT2D eigenvalue weighted by atomic mass is 32.2. The van der Waals surface area contributed by atoms with Crippen LogP contribution < -0.4 is 10.1 Å². The zero-order valence-corrected chi connectivity index (χ0v) is 19.2. The average Bonchev–Trinajstić information content (AvgIpc) is 3.09. The van der Waals surface area contributed by atoms with Gasteiger partial charge in [0.25, 0.3) is 5.91 Å². The highest BCUT2D eigenvalue weighted by Gasteiger charge is 2.55. The predicted molar refractivity (Wildman–Crippen MR) is 120 cm³/mol. The van der Waals surface area contributed by atoms with Crippen molar-refractivity contribution in [3.63, 3.8) is 0 Å². The van der Waals surface area contributed by atoms with Crippen molar-refractivity contribution >= 4 is 27.9 Å². The number of rotatable bonds is 4. The van der Waals surface area contributed by atoms with Crippen LogP contribution in [0, 0.1) is 0 Å². The number of urea groups is 1. The molecule has 4 amide bonds. The number of carbonyl (C=O) groups excluding carboxylic acids is 3. The number of imide groups is 1. The molecule has 5 rings (SSSR count). The Labute approximate surface area is 197 Å². The number of hydrogen-bond donors (Lipinski definition) is 1. The lowest BCUT2D eigenvalue weighted by Crippen LogP contribution is -2.53. The van der Waals surface area contributed by atoms with E-state index in [0.29, 0.717) is 11.3 Å². The van der Waals surface area contributed by atoms with Crippen molar-refractivity contribution in [3.05, 3.63) is 60.2 Å². The summed E-state index contributed by atoms with van der Waals surface area (Å²) in [5, 5.41) is 2.78. The first-order valence-corrected chi connectivity index (χ1v) is 12.5. The van der Waals surface area contributed by atoms with Gasteiger partial charge in [-0.1, -0.05) is 36.4 Å². The molecule has 1 spiro atoms. The molecular formula is C23H24N4O6S. The van der Waals surface area contributed by atoms with Crippen molar-refractivity contribution in [3.8, 4) is 5.75 Å². The second-order valence-electron chi connectivity index (χ2n) is 8.42. The first-order valence-electron chi connectivity index (χ1n) is 11.0. The number of piperazine rings is 1. The van der Waals surface area contributed by atoms with Gasteiger partial charge >= 0.3 is 6.03 Å². The third-order valence-corrected chi connectivity index (χ3v) is 8.44. The topological polar surface area (TPSA) is 116 Å². The average molecular weight is 485 g/mol. The summed E-state index contributed by atoms with van der Waals surface area (Å²) in [6, 6.07) is 14.6. The summed E-state index contributed by atoms with van der Waals surface area (Å²) in [6.07, 6.45) is 0.273. The van der Waals surface area contributed by atoms with Crippen LogP contribution in [-0.2, 0) is 25.2 Å². The third kappa shape index (κ3) is 3.61. The molecule has 3 heterocycles. The first kappa shape index (κ1) is 22.4. The minimum Gasteiger partial charge on any atom is -0.493 e. The van der Waals surface area contributed by atoms with Crippen molar-refractivity contribution in [1.82, 2.24) is 19.4 Å². The van der Waals surface area contributed by atoms with Gasteiger partial charge in [-0.3, -0.25) is 14.5 Å². The van der Waals surface area contributed by atoms with Crippen LogP contribution in [0.4, 0.5) is 4.79 Å². The van der Waals surface area contributed by atoms with Gasteiger partial charge in [0.1, 0.15) is 12.3 Å². The molecule has 0 bridgehead atoms. The maximum atomic E-state index is 13.3. The molecule has 3 aliphatic rings. The minimum atomic E-state index is -3.64. The first-order chi connectivity index (χ1) is 16.3. The van der Waals surface area contributed by atoms with Crippen LogP contribution in [0.25, 0.3) is 0 Å². The lowest BCUT2D eigenvalue weighted by Gasteiger charge is -2.35. The van der Waals surface area contributed by atoms with Crippen LogP contribution >= 0.6 is 0 Å². The number of benzene rings is 2. The van der Waals surface area contributed by atoms with Gasteiger partial charge in [0.05, 0.1) is 11.5 Å². The van der Waals surface area contributed by atoms with Crippen molar-refractivity contribution in [1.29, 1.82) is 0 Å². The van der Waals surface area contributed by atoms with Crippen LogP contribution in [0.1, 0.15) is 12.0 Å². The number of amides is 4. The van der Waals surface area contributed by atoms with Crippen LogP contribution in [0.2, 0.25) is 0 Å². The van der Waals surface area contributed by atoms with Crippen molar-refractivity contribution in [2.24, 2.45) is 0 Å². The monoisotopic (exact) mass is 484 g/mol. The summed E-state index contributed by atoms with van der Waals surface area (Å²) in [6.45, 7) is 0.492. The van der Waals surface area contributed by atoms with Crippen molar-refractivity contribution in [2.75, 3.05) is 39.3 Å². The molecule has 0 aliphatic carbocycles. The Morgan fingerprint density at radius 2 is 1.65 bits per heavy atom. The second-order valence-corrected chi connectivity index (χ2v) is 10.4. The summed E-state index contributed by atoms with van der Waals surface area (Å²) in [7, 11) is -3.64. The fraction of sp³-hybridized carbons (Fsp3) is 0.348. The second kappa shape index (κ2) is 8.41. The molecule has 3 aliphatic heterocycles. The molecule has 2 aromatic rings. The Morgan fingerprint density at radius 1 is 0.971 bits per heavy atom. The zero-order chi connectivity index (χ0) is 23.9. The van der Waals surface area contributed by atoms with Crippen LogP contribution in [0.5, 0.6) is 5.75 Å². The standard InChI is InChI=1S/C23H24N4O6S/c28-20(25-11-13-26(14-12-25)34(31,32)17-6-2-1-3-7-17)16-27-21(29)23(24-22(27)30)10-15-33-19-9-5-4-8-18(19)23/h1-9H,10-16H2,(H,24,30)/t23-/m0/s1. The van der Waals surface area contributed by atoms with E-state index in [0.717, 1.165) is 4.90 Å². The molecule has 2 fully saturated rings. The summed E-state index contributed by atoms with van der Waals surface area (Å²) >= 11 is 0. The number of sulfonamides is 1. The maximum Gasteiger partial charge on any atom is 0.325 e. The quantitative estimate of drug-likeness (QED) is 0.641. The van der Waals surface area contributed by atoms with Gasteiger partial charge < -0.3 is 15.0 Å². The molecule has 0 saturated carbocycles. The van der Waals surface area contributed by atoms with E-state index in [4.69, 9.17) is 4.74 Å². The molecule has 0 radical (unpaired) electrons. The van der Waals surface area contributed by atoms with Gasteiger partial charge in [-0.25, -0.2) is 13.2 Å². The zero-order valence-electron chi connectivity index (χ0n) is 18.3. The number of hydrogen-bond acceptors (Lipinski definition) is 6. The van der Waals surface area contributed by atoms with E-state index in [2.05, 4.69) is 5.32 Å². The fourth-order valence-corrected chi connectivity index (χ4v) is 6.11. The Kier molecular flexibility index (Phi) is 5.53. The Balaban J connectivity index is 1.26. The van der Waals surface area contributed by atoms with Gasteiger partial charge in [-0.2, -0.15) is 4.31 Å². The Bertz CT molecular complexity index is 1240. The number of ether oxygens (including phenoxy) is 1. The normalized spacial score (nSPS) is 22.9. The molecular weight excluding hydrogens is 460 g/mol. The van der Waals surface area contributed by atoms with Crippen LogP contribution in [0.15, 0.2) is 59.5 Å². The van der Waals surface area contributed by atoms with E-state index < -0.39 is 40.0 Å². The largest absolute Gasteiger partial charge is 0.493 e. The van der Waals surface area contributed by atoms with Gasteiger partial charge in [0, 0.05) is 38.2 Å².